The first-order valence-corrected chi connectivity index (χ1v) is 7.98. The van der Waals surface area contributed by atoms with Crippen molar-refractivity contribution in [2.45, 2.75) is 20.0 Å². The summed E-state index contributed by atoms with van der Waals surface area (Å²) in [5, 5.41) is 6.21. The highest BCUT2D eigenvalue weighted by Crippen LogP contribution is 2.28. The summed E-state index contributed by atoms with van der Waals surface area (Å²) in [6.07, 6.45) is 1.70. The first-order valence-electron chi connectivity index (χ1n) is 7.98. The van der Waals surface area contributed by atoms with E-state index in [-0.39, 0.29) is 11.9 Å². The van der Waals surface area contributed by atoms with E-state index in [1.807, 2.05) is 38.1 Å². The Kier molecular flexibility index (Phi) is 5.09. The second kappa shape index (κ2) is 7.61. The summed E-state index contributed by atoms with van der Waals surface area (Å²) in [4.78, 5) is 8.56. The molecule has 0 fully saturated rings. The molecular weight excluding hydrogens is 319 g/mol. The second-order valence-corrected chi connectivity index (χ2v) is 5.69. The summed E-state index contributed by atoms with van der Waals surface area (Å²) in [5.74, 6) is 1.40. The Balaban J connectivity index is 1.78. The number of para-hydroxylation sites is 2. The van der Waals surface area contributed by atoms with Gasteiger partial charge in [-0.05, 0) is 50.2 Å². The Labute approximate surface area is 145 Å². The molecule has 0 aliphatic carbocycles. The molecule has 2 aromatic carbocycles. The standard InChI is InChI=1S/C19H19FN4O/c1-13(2)25-17-9-4-3-8-16(17)23-18-10-11-21-19(24-18)22-15-7-5-6-14(20)12-15/h3-13H,1-2H3,(H2,21,22,23,24). The van der Waals surface area contributed by atoms with Gasteiger partial charge in [0.05, 0.1) is 11.8 Å². The summed E-state index contributed by atoms with van der Waals surface area (Å²) < 4.78 is 19.1. The van der Waals surface area contributed by atoms with Crippen LogP contribution >= 0.6 is 0 Å². The van der Waals surface area contributed by atoms with Crippen molar-refractivity contribution < 1.29 is 9.13 Å². The van der Waals surface area contributed by atoms with E-state index in [1.54, 1.807) is 24.4 Å². The molecule has 0 bridgehead atoms. The van der Waals surface area contributed by atoms with Crippen molar-refractivity contribution in [2.24, 2.45) is 0 Å². The maximum Gasteiger partial charge on any atom is 0.229 e. The zero-order valence-electron chi connectivity index (χ0n) is 14.0. The zero-order valence-corrected chi connectivity index (χ0v) is 14.0. The van der Waals surface area contributed by atoms with Gasteiger partial charge in [0.15, 0.2) is 0 Å². The van der Waals surface area contributed by atoms with Crippen LogP contribution in [0.3, 0.4) is 0 Å². The smallest absolute Gasteiger partial charge is 0.229 e. The number of aromatic nitrogens is 2. The molecule has 3 aromatic rings. The number of rotatable bonds is 6. The first kappa shape index (κ1) is 16.7. The minimum Gasteiger partial charge on any atom is -0.489 e. The third-order valence-corrected chi connectivity index (χ3v) is 3.25. The van der Waals surface area contributed by atoms with Gasteiger partial charge >= 0.3 is 0 Å². The normalized spacial score (nSPS) is 10.6. The number of anilines is 4. The van der Waals surface area contributed by atoms with Gasteiger partial charge in [-0.2, -0.15) is 4.98 Å². The van der Waals surface area contributed by atoms with E-state index in [9.17, 15) is 4.39 Å². The monoisotopic (exact) mass is 338 g/mol. The fraction of sp³-hybridized carbons (Fsp3) is 0.158. The van der Waals surface area contributed by atoms with Gasteiger partial charge in [0.25, 0.3) is 0 Å². The minimum atomic E-state index is -0.320. The molecule has 0 saturated carbocycles. The van der Waals surface area contributed by atoms with Crippen molar-refractivity contribution in [2.75, 3.05) is 10.6 Å². The quantitative estimate of drug-likeness (QED) is 0.670. The molecule has 1 heterocycles. The highest BCUT2D eigenvalue weighted by Gasteiger charge is 2.07. The lowest BCUT2D eigenvalue weighted by Gasteiger charge is -2.15. The maximum absolute atomic E-state index is 13.3. The van der Waals surface area contributed by atoms with Crippen molar-refractivity contribution in [3.63, 3.8) is 0 Å². The van der Waals surface area contributed by atoms with E-state index in [0.717, 1.165) is 11.4 Å². The molecule has 128 valence electrons. The molecule has 25 heavy (non-hydrogen) atoms. The number of ether oxygens (including phenoxy) is 1. The fourth-order valence-corrected chi connectivity index (χ4v) is 2.25. The van der Waals surface area contributed by atoms with Gasteiger partial charge in [0, 0.05) is 11.9 Å². The van der Waals surface area contributed by atoms with Crippen molar-refractivity contribution in [1.82, 2.24) is 9.97 Å². The van der Waals surface area contributed by atoms with Gasteiger partial charge in [0.1, 0.15) is 17.4 Å². The van der Waals surface area contributed by atoms with Crippen LogP contribution in [0.1, 0.15) is 13.8 Å². The second-order valence-electron chi connectivity index (χ2n) is 5.69. The number of nitrogens with zero attached hydrogens (tertiary/aromatic N) is 2. The molecule has 0 amide bonds. The molecule has 0 aliphatic heterocycles. The number of nitrogens with one attached hydrogen (secondary N) is 2. The first-order chi connectivity index (χ1) is 12.1. The molecular formula is C19H19FN4O. The molecule has 0 saturated heterocycles. The summed E-state index contributed by atoms with van der Waals surface area (Å²) in [6.45, 7) is 3.95. The van der Waals surface area contributed by atoms with Crippen LogP contribution in [0.25, 0.3) is 0 Å². The number of hydrogen-bond acceptors (Lipinski definition) is 5. The van der Waals surface area contributed by atoms with Crippen LogP contribution in [0.2, 0.25) is 0 Å². The predicted molar refractivity (Wildman–Crippen MR) is 97.2 cm³/mol. The van der Waals surface area contributed by atoms with Crippen LogP contribution in [0.4, 0.5) is 27.5 Å². The molecule has 1 aromatic heterocycles. The summed E-state index contributed by atoms with van der Waals surface area (Å²) in [7, 11) is 0. The third kappa shape index (κ3) is 4.67. The molecule has 0 aliphatic rings. The van der Waals surface area contributed by atoms with E-state index in [4.69, 9.17) is 4.74 Å². The highest BCUT2D eigenvalue weighted by atomic mass is 19.1. The molecule has 3 rings (SSSR count). The van der Waals surface area contributed by atoms with Crippen LogP contribution < -0.4 is 15.4 Å². The summed E-state index contributed by atoms with van der Waals surface area (Å²) >= 11 is 0. The Morgan fingerprint density at radius 1 is 1.00 bits per heavy atom. The molecule has 0 atom stereocenters. The molecule has 5 nitrogen and oxygen atoms in total. The maximum atomic E-state index is 13.3. The molecule has 0 unspecified atom stereocenters. The van der Waals surface area contributed by atoms with Gasteiger partial charge in [-0.15, -0.1) is 0 Å². The van der Waals surface area contributed by atoms with Gasteiger partial charge in [-0.25, -0.2) is 9.37 Å². The highest BCUT2D eigenvalue weighted by molar-refractivity contribution is 5.65. The van der Waals surface area contributed by atoms with Gasteiger partial charge in [-0.1, -0.05) is 18.2 Å². The molecule has 0 radical (unpaired) electrons. The van der Waals surface area contributed by atoms with Crippen LogP contribution in [-0.2, 0) is 0 Å². The van der Waals surface area contributed by atoms with Gasteiger partial charge < -0.3 is 15.4 Å². The summed E-state index contributed by atoms with van der Waals surface area (Å²) in [5.41, 5.74) is 1.40. The van der Waals surface area contributed by atoms with Crippen LogP contribution in [0.15, 0.2) is 60.8 Å². The van der Waals surface area contributed by atoms with E-state index in [0.29, 0.717) is 17.5 Å². The SMILES string of the molecule is CC(C)Oc1ccccc1Nc1ccnc(Nc2cccc(F)c2)n1. The fourth-order valence-electron chi connectivity index (χ4n) is 2.25. The predicted octanol–water partition coefficient (Wildman–Crippen LogP) is 4.89. The van der Waals surface area contributed by atoms with Gasteiger partial charge in [0.2, 0.25) is 5.95 Å². The largest absolute Gasteiger partial charge is 0.489 e. The molecule has 6 heteroatoms. The average molecular weight is 338 g/mol. The lowest BCUT2D eigenvalue weighted by Crippen LogP contribution is -2.07. The van der Waals surface area contributed by atoms with Crippen LogP contribution in [0.5, 0.6) is 5.75 Å². The molecule has 0 spiro atoms. The van der Waals surface area contributed by atoms with Crippen LogP contribution in [-0.4, -0.2) is 16.1 Å². The Morgan fingerprint density at radius 3 is 2.64 bits per heavy atom. The number of benzene rings is 2. The molecule has 2 N–H and O–H groups in total. The lowest BCUT2D eigenvalue weighted by atomic mass is 10.3. The topological polar surface area (TPSA) is 59.1 Å². The van der Waals surface area contributed by atoms with Crippen molar-refractivity contribution >= 4 is 23.1 Å². The average Bonchev–Trinajstić information content (AvgIpc) is 2.57. The van der Waals surface area contributed by atoms with Gasteiger partial charge in [-0.3, -0.25) is 0 Å². The number of hydrogen-bond donors (Lipinski definition) is 2. The zero-order chi connectivity index (χ0) is 17.6. The third-order valence-electron chi connectivity index (χ3n) is 3.25. The number of halogens is 1. The van der Waals surface area contributed by atoms with E-state index in [2.05, 4.69) is 20.6 Å². The lowest BCUT2D eigenvalue weighted by molar-refractivity contribution is 0.244. The van der Waals surface area contributed by atoms with Crippen molar-refractivity contribution in [3.8, 4) is 5.75 Å². The van der Waals surface area contributed by atoms with Crippen LogP contribution in [0, 0.1) is 5.82 Å². The van der Waals surface area contributed by atoms with E-state index in [1.165, 1.54) is 12.1 Å². The van der Waals surface area contributed by atoms with Crippen molar-refractivity contribution in [3.05, 3.63) is 66.6 Å². The van der Waals surface area contributed by atoms with E-state index >= 15 is 0 Å². The summed E-state index contributed by atoms with van der Waals surface area (Å²) in [6, 6.07) is 15.5. The van der Waals surface area contributed by atoms with Crippen molar-refractivity contribution in [1.29, 1.82) is 0 Å². The Hall–Kier alpha value is -3.15. The minimum absolute atomic E-state index is 0.0681. The Bertz CT molecular complexity index is 854. The van der Waals surface area contributed by atoms with E-state index < -0.39 is 0 Å². The Morgan fingerprint density at radius 2 is 1.84 bits per heavy atom.